The Morgan fingerprint density at radius 2 is 1.92 bits per heavy atom. The molecule has 1 aromatic rings. The molecule has 0 fully saturated rings. The molecule has 1 aromatic carbocycles. The monoisotopic (exact) mass is 330 g/mol. The molecule has 0 radical (unpaired) electrons. The van der Waals surface area contributed by atoms with E-state index in [1.165, 1.54) is 11.8 Å². The first-order valence-electron chi connectivity index (χ1n) is 7.89. The maximum Gasteiger partial charge on any atom is 0.326 e. The van der Waals surface area contributed by atoms with Crippen molar-refractivity contribution in [3.05, 3.63) is 41.6 Å². The van der Waals surface area contributed by atoms with Gasteiger partial charge in [-0.1, -0.05) is 38.1 Å². The molecule has 1 aliphatic rings. The molecule has 2 amide bonds. The highest BCUT2D eigenvalue weighted by Gasteiger charge is 2.30. The predicted molar refractivity (Wildman–Crippen MR) is 89.8 cm³/mol. The number of nitrogens with zero attached hydrogens (tertiary/aromatic N) is 1. The van der Waals surface area contributed by atoms with E-state index in [1.807, 2.05) is 30.3 Å². The fourth-order valence-corrected chi connectivity index (χ4v) is 2.83. The summed E-state index contributed by atoms with van der Waals surface area (Å²) in [7, 11) is 0. The smallest absolute Gasteiger partial charge is 0.326 e. The van der Waals surface area contributed by atoms with E-state index in [4.69, 9.17) is 0 Å². The maximum absolute atomic E-state index is 12.4. The quantitative estimate of drug-likeness (QED) is 0.866. The van der Waals surface area contributed by atoms with Gasteiger partial charge in [-0.15, -0.1) is 0 Å². The molecule has 2 rings (SSSR count). The Labute approximate surface area is 141 Å². The normalized spacial score (nSPS) is 17.3. The zero-order valence-electron chi connectivity index (χ0n) is 14.0. The van der Waals surface area contributed by atoms with Crippen LogP contribution in [0.3, 0.4) is 0 Å². The Morgan fingerprint density at radius 1 is 1.25 bits per heavy atom. The number of carboxylic acids is 1. The molecule has 0 bridgehead atoms. The number of carbonyl (C=O) groups excluding carboxylic acids is 2. The van der Waals surface area contributed by atoms with Crippen LogP contribution in [0.15, 0.2) is 30.5 Å². The standard InChI is InChI=1S/C18H22N2O4/c1-11(2)17(18(23)24)19-16(22)10-15-14-7-5-4-6-13(14)8-9-20(15)12(3)21/h4-9,11,15,17H,10H2,1-3H3,(H,19,22)(H,23,24). The van der Waals surface area contributed by atoms with Gasteiger partial charge in [-0.2, -0.15) is 0 Å². The number of nitrogens with one attached hydrogen (secondary N) is 1. The number of carbonyl (C=O) groups is 3. The Kier molecular flexibility index (Phi) is 5.39. The first kappa shape index (κ1) is 17.7. The summed E-state index contributed by atoms with van der Waals surface area (Å²) in [5.41, 5.74) is 1.83. The van der Waals surface area contributed by atoms with Gasteiger partial charge in [0.15, 0.2) is 0 Å². The molecule has 1 aliphatic heterocycles. The lowest BCUT2D eigenvalue weighted by Gasteiger charge is -2.32. The van der Waals surface area contributed by atoms with Crippen LogP contribution in [-0.4, -0.2) is 33.8 Å². The molecule has 6 nitrogen and oxygen atoms in total. The zero-order chi connectivity index (χ0) is 17.9. The highest BCUT2D eigenvalue weighted by Crippen LogP contribution is 2.32. The second-order valence-corrected chi connectivity index (χ2v) is 6.22. The number of amides is 2. The molecule has 0 spiro atoms. The molecule has 2 N–H and O–H groups in total. The second-order valence-electron chi connectivity index (χ2n) is 6.22. The molecule has 0 aliphatic carbocycles. The van der Waals surface area contributed by atoms with Crippen LogP contribution in [-0.2, 0) is 14.4 Å². The Balaban J connectivity index is 2.21. The number of rotatable bonds is 5. The van der Waals surface area contributed by atoms with Crippen molar-refractivity contribution >= 4 is 23.9 Å². The minimum Gasteiger partial charge on any atom is -0.480 e. The number of hydrogen-bond acceptors (Lipinski definition) is 3. The third-order valence-electron chi connectivity index (χ3n) is 4.10. The largest absolute Gasteiger partial charge is 0.480 e. The van der Waals surface area contributed by atoms with Crippen LogP contribution in [0.1, 0.15) is 44.4 Å². The van der Waals surface area contributed by atoms with Crippen molar-refractivity contribution in [2.45, 2.75) is 39.3 Å². The fourth-order valence-electron chi connectivity index (χ4n) is 2.83. The van der Waals surface area contributed by atoms with E-state index < -0.39 is 24.0 Å². The van der Waals surface area contributed by atoms with E-state index >= 15 is 0 Å². The summed E-state index contributed by atoms with van der Waals surface area (Å²) in [5, 5.41) is 11.8. The highest BCUT2D eigenvalue weighted by molar-refractivity contribution is 5.85. The summed E-state index contributed by atoms with van der Waals surface area (Å²) >= 11 is 0. The van der Waals surface area contributed by atoms with Crippen molar-refractivity contribution in [3.63, 3.8) is 0 Å². The van der Waals surface area contributed by atoms with Gasteiger partial charge in [0, 0.05) is 13.1 Å². The van der Waals surface area contributed by atoms with Crippen LogP contribution in [0.5, 0.6) is 0 Å². The van der Waals surface area contributed by atoms with Crippen molar-refractivity contribution in [2.75, 3.05) is 0 Å². The van der Waals surface area contributed by atoms with E-state index in [-0.39, 0.29) is 18.2 Å². The number of fused-ring (bicyclic) bond motifs is 1. The molecular weight excluding hydrogens is 308 g/mol. The minimum absolute atomic E-state index is 0.0113. The summed E-state index contributed by atoms with van der Waals surface area (Å²) < 4.78 is 0. The van der Waals surface area contributed by atoms with Gasteiger partial charge >= 0.3 is 5.97 Å². The topological polar surface area (TPSA) is 86.7 Å². The lowest BCUT2D eigenvalue weighted by molar-refractivity contribution is -0.143. The molecule has 0 saturated carbocycles. The summed E-state index contributed by atoms with van der Waals surface area (Å²) in [4.78, 5) is 37.0. The molecule has 2 atom stereocenters. The van der Waals surface area contributed by atoms with Crippen LogP contribution >= 0.6 is 0 Å². The predicted octanol–water partition coefficient (Wildman–Crippen LogP) is 2.18. The number of carboxylic acid groups (broad SMARTS) is 1. The van der Waals surface area contributed by atoms with Gasteiger partial charge < -0.3 is 15.3 Å². The maximum atomic E-state index is 12.4. The van der Waals surface area contributed by atoms with E-state index in [1.54, 1.807) is 20.0 Å². The lowest BCUT2D eigenvalue weighted by Crippen LogP contribution is -2.45. The summed E-state index contributed by atoms with van der Waals surface area (Å²) in [6.45, 7) is 4.91. The fraction of sp³-hybridized carbons (Fsp3) is 0.389. The average Bonchev–Trinajstić information content (AvgIpc) is 2.52. The van der Waals surface area contributed by atoms with Crippen LogP contribution in [0.25, 0.3) is 6.08 Å². The second kappa shape index (κ2) is 7.29. The summed E-state index contributed by atoms with van der Waals surface area (Å²) in [5.74, 6) is -1.85. The number of aliphatic carboxylic acids is 1. The minimum atomic E-state index is -1.06. The Bertz CT molecular complexity index is 681. The van der Waals surface area contributed by atoms with Crippen LogP contribution < -0.4 is 5.32 Å². The third kappa shape index (κ3) is 3.82. The summed E-state index contributed by atoms with van der Waals surface area (Å²) in [6, 6.07) is 6.16. The van der Waals surface area contributed by atoms with E-state index in [0.717, 1.165) is 11.1 Å². The molecule has 6 heteroatoms. The number of benzene rings is 1. The molecule has 128 valence electrons. The molecule has 24 heavy (non-hydrogen) atoms. The van der Waals surface area contributed by atoms with Crippen LogP contribution in [0.2, 0.25) is 0 Å². The van der Waals surface area contributed by atoms with Crippen molar-refractivity contribution in [2.24, 2.45) is 5.92 Å². The van der Waals surface area contributed by atoms with E-state index in [0.29, 0.717) is 0 Å². The van der Waals surface area contributed by atoms with Crippen molar-refractivity contribution < 1.29 is 19.5 Å². The van der Waals surface area contributed by atoms with Gasteiger partial charge in [0.2, 0.25) is 11.8 Å². The first-order chi connectivity index (χ1) is 11.3. The van der Waals surface area contributed by atoms with Crippen molar-refractivity contribution in [1.29, 1.82) is 0 Å². The zero-order valence-corrected chi connectivity index (χ0v) is 14.0. The molecule has 0 aromatic heterocycles. The summed E-state index contributed by atoms with van der Waals surface area (Å²) in [6.07, 6.45) is 3.51. The van der Waals surface area contributed by atoms with E-state index in [9.17, 15) is 19.5 Å². The van der Waals surface area contributed by atoms with Gasteiger partial charge in [0.05, 0.1) is 12.5 Å². The Hall–Kier alpha value is -2.63. The van der Waals surface area contributed by atoms with Crippen LogP contribution in [0, 0.1) is 5.92 Å². The van der Waals surface area contributed by atoms with Crippen molar-refractivity contribution in [1.82, 2.24) is 10.2 Å². The van der Waals surface area contributed by atoms with Gasteiger partial charge in [-0.3, -0.25) is 9.59 Å². The molecule has 2 unspecified atom stereocenters. The van der Waals surface area contributed by atoms with Gasteiger partial charge in [0.25, 0.3) is 0 Å². The van der Waals surface area contributed by atoms with Crippen LogP contribution in [0.4, 0.5) is 0 Å². The molecule has 0 saturated heterocycles. The van der Waals surface area contributed by atoms with Gasteiger partial charge in [0.1, 0.15) is 6.04 Å². The average molecular weight is 330 g/mol. The molecule has 1 heterocycles. The van der Waals surface area contributed by atoms with Gasteiger partial charge in [-0.25, -0.2) is 4.79 Å². The first-order valence-corrected chi connectivity index (χ1v) is 7.89. The number of hydrogen-bond donors (Lipinski definition) is 2. The molecular formula is C18H22N2O4. The van der Waals surface area contributed by atoms with E-state index in [2.05, 4.69) is 5.32 Å². The SMILES string of the molecule is CC(=O)N1C=Cc2ccccc2C1CC(=O)NC(C(=O)O)C(C)C. The van der Waals surface area contributed by atoms with Gasteiger partial charge in [-0.05, 0) is 23.1 Å². The van der Waals surface area contributed by atoms with Crippen molar-refractivity contribution in [3.8, 4) is 0 Å². The third-order valence-corrected chi connectivity index (χ3v) is 4.10. The highest BCUT2D eigenvalue weighted by atomic mass is 16.4. The lowest BCUT2D eigenvalue weighted by atomic mass is 9.93. The Morgan fingerprint density at radius 3 is 2.50 bits per heavy atom.